The van der Waals surface area contributed by atoms with Crippen molar-refractivity contribution in [2.24, 2.45) is 0 Å². The maximum Gasteiger partial charge on any atom is 0.201 e. The van der Waals surface area contributed by atoms with Crippen molar-refractivity contribution >= 4 is 29.0 Å². The lowest BCUT2D eigenvalue weighted by Gasteiger charge is -2.09. The lowest BCUT2D eigenvalue weighted by Crippen LogP contribution is -2.12. The highest BCUT2D eigenvalue weighted by molar-refractivity contribution is 6.36. The van der Waals surface area contributed by atoms with Crippen LogP contribution in [0, 0.1) is 0 Å². The molecule has 3 nitrogen and oxygen atoms in total. The Bertz CT molecular complexity index is 878. The van der Waals surface area contributed by atoms with E-state index in [0.29, 0.717) is 28.0 Å². The zero-order valence-electron chi connectivity index (χ0n) is 13.8. The van der Waals surface area contributed by atoms with Gasteiger partial charge in [-0.25, -0.2) is 0 Å². The van der Waals surface area contributed by atoms with Crippen molar-refractivity contribution in [3.63, 3.8) is 0 Å². The highest BCUT2D eigenvalue weighted by atomic mass is 35.5. The first-order chi connectivity index (χ1) is 12.6. The summed E-state index contributed by atoms with van der Waals surface area (Å²) in [5.74, 6) is 1.10. The normalized spacial score (nSPS) is 10.4. The summed E-state index contributed by atoms with van der Waals surface area (Å²) in [6.07, 6.45) is 0. The summed E-state index contributed by atoms with van der Waals surface area (Å²) in [5, 5.41) is 0.800. The second-order valence-corrected chi connectivity index (χ2v) is 6.43. The van der Waals surface area contributed by atoms with E-state index in [2.05, 4.69) is 0 Å². The monoisotopic (exact) mass is 386 g/mol. The van der Waals surface area contributed by atoms with Crippen LogP contribution in [-0.2, 0) is 6.61 Å². The minimum absolute atomic E-state index is 0.106. The lowest BCUT2D eigenvalue weighted by molar-refractivity contribution is 0.0921. The van der Waals surface area contributed by atoms with E-state index in [-0.39, 0.29) is 12.4 Å². The molecule has 0 radical (unpaired) electrons. The Hall–Kier alpha value is -2.49. The third-order valence-corrected chi connectivity index (χ3v) is 4.22. The molecule has 0 aliphatic rings. The van der Waals surface area contributed by atoms with Crippen LogP contribution in [0.1, 0.15) is 15.9 Å². The van der Waals surface area contributed by atoms with Gasteiger partial charge in [-0.05, 0) is 48.0 Å². The summed E-state index contributed by atoms with van der Waals surface area (Å²) in [4.78, 5) is 12.2. The maximum absolute atomic E-state index is 12.2. The van der Waals surface area contributed by atoms with Crippen molar-refractivity contribution in [2.45, 2.75) is 6.61 Å². The number of ketones is 1. The summed E-state index contributed by atoms with van der Waals surface area (Å²) in [6, 6.07) is 21.8. The Morgan fingerprint density at radius 2 is 1.46 bits per heavy atom. The Kier molecular flexibility index (Phi) is 6.16. The molecular weight excluding hydrogens is 371 g/mol. The van der Waals surface area contributed by atoms with E-state index in [1.54, 1.807) is 36.4 Å². The zero-order valence-corrected chi connectivity index (χ0v) is 15.3. The SMILES string of the molecule is O=C(COc1ccc(OCc2ccccc2)cc1)c1ccc(Cl)cc1Cl. The van der Waals surface area contributed by atoms with Crippen molar-refractivity contribution < 1.29 is 14.3 Å². The maximum atomic E-state index is 12.2. The van der Waals surface area contributed by atoms with E-state index in [1.165, 1.54) is 6.07 Å². The van der Waals surface area contributed by atoms with Gasteiger partial charge in [0.2, 0.25) is 5.78 Å². The molecule has 0 unspecified atom stereocenters. The third kappa shape index (κ3) is 5.01. The van der Waals surface area contributed by atoms with Crippen LogP contribution in [0.3, 0.4) is 0 Å². The van der Waals surface area contributed by atoms with Gasteiger partial charge >= 0.3 is 0 Å². The third-order valence-electron chi connectivity index (χ3n) is 3.67. The van der Waals surface area contributed by atoms with E-state index < -0.39 is 0 Å². The summed E-state index contributed by atoms with van der Waals surface area (Å²) in [7, 11) is 0. The molecule has 0 N–H and O–H groups in total. The molecule has 0 amide bonds. The van der Waals surface area contributed by atoms with E-state index in [0.717, 1.165) is 11.3 Å². The van der Waals surface area contributed by atoms with E-state index in [4.69, 9.17) is 32.7 Å². The topological polar surface area (TPSA) is 35.5 Å². The summed E-state index contributed by atoms with van der Waals surface area (Å²) in [5.41, 5.74) is 1.48. The van der Waals surface area contributed by atoms with Gasteiger partial charge in [0.05, 0.1) is 5.02 Å². The fourth-order valence-corrected chi connectivity index (χ4v) is 2.83. The molecule has 0 spiro atoms. The number of ether oxygens (including phenoxy) is 2. The van der Waals surface area contributed by atoms with Crippen LogP contribution in [0.25, 0.3) is 0 Å². The van der Waals surface area contributed by atoms with Gasteiger partial charge in [0.1, 0.15) is 18.1 Å². The molecule has 0 heterocycles. The Labute approximate surface area is 162 Å². The molecule has 26 heavy (non-hydrogen) atoms. The van der Waals surface area contributed by atoms with Gasteiger partial charge < -0.3 is 9.47 Å². The van der Waals surface area contributed by atoms with Gasteiger partial charge in [0.15, 0.2) is 6.61 Å². The average Bonchev–Trinajstić information content (AvgIpc) is 2.66. The molecule has 3 rings (SSSR count). The Morgan fingerprint density at radius 1 is 0.808 bits per heavy atom. The lowest BCUT2D eigenvalue weighted by atomic mass is 10.1. The van der Waals surface area contributed by atoms with Crippen molar-refractivity contribution in [2.75, 3.05) is 6.61 Å². The molecule has 3 aromatic rings. The van der Waals surface area contributed by atoms with Crippen molar-refractivity contribution in [3.8, 4) is 11.5 Å². The van der Waals surface area contributed by atoms with Crippen LogP contribution in [-0.4, -0.2) is 12.4 Å². The minimum Gasteiger partial charge on any atom is -0.489 e. The largest absolute Gasteiger partial charge is 0.489 e. The molecule has 3 aromatic carbocycles. The predicted octanol–water partition coefficient (Wildman–Crippen LogP) is 5.83. The van der Waals surface area contributed by atoms with Gasteiger partial charge in [-0.3, -0.25) is 4.79 Å². The quantitative estimate of drug-likeness (QED) is 0.478. The molecule has 0 aromatic heterocycles. The number of carbonyl (C=O) groups is 1. The number of hydrogen-bond donors (Lipinski definition) is 0. The number of rotatable bonds is 7. The number of carbonyl (C=O) groups excluding carboxylic acids is 1. The van der Waals surface area contributed by atoms with Crippen LogP contribution in [0.2, 0.25) is 10.0 Å². The number of benzene rings is 3. The fourth-order valence-electron chi connectivity index (χ4n) is 2.32. The fraction of sp³-hybridized carbons (Fsp3) is 0.0952. The smallest absolute Gasteiger partial charge is 0.201 e. The standard InChI is InChI=1S/C21H16Cl2O3/c22-16-6-11-19(20(23)12-16)21(24)14-26-18-9-7-17(8-10-18)25-13-15-4-2-1-3-5-15/h1-12H,13-14H2. The summed E-state index contributed by atoms with van der Waals surface area (Å²) in [6.45, 7) is 0.389. The van der Waals surface area contributed by atoms with E-state index in [1.807, 2.05) is 30.3 Å². The Balaban J connectivity index is 1.53. The summed E-state index contributed by atoms with van der Waals surface area (Å²) >= 11 is 11.9. The van der Waals surface area contributed by atoms with Crippen LogP contribution in [0.15, 0.2) is 72.8 Å². The number of halogens is 2. The molecule has 0 bridgehead atoms. The molecule has 0 fully saturated rings. The highest BCUT2D eigenvalue weighted by Gasteiger charge is 2.11. The number of Topliss-reactive ketones (excluding diaryl/α,β-unsaturated/α-hetero) is 1. The second-order valence-electron chi connectivity index (χ2n) is 5.58. The van der Waals surface area contributed by atoms with Crippen LogP contribution in [0.4, 0.5) is 0 Å². The van der Waals surface area contributed by atoms with Gasteiger partial charge in [0, 0.05) is 10.6 Å². The molecular formula is C21H16Cl2O3. The minimum atomic E-state index is -0.212. The van der Waals surface area contributed by atoms with Gasteiger partial charge in [0.25, 0.3) is 0 Å². The highest BCUT2D eigenvalue weighted by Crippen LogP contribution is 2.22. The van der Waals surface area contributed by atoms with Crippen molar-refractivity contribution in [3.05, 3.63) is 94.0 Å². The predicted molar refractivity (Wildman–Crippen MR) is 104 cm³/mol. The number of hydrogen-bond acceptors (Lipinski definition) is 3. The van der Waals surface area contributed by atoms with Crippen molar-refractivity contribution in [1.82, 2.24) is 0 Å². The first-order valence-electron chi connectivity index (χ1n) is 7.99. The first kappa shape index (κ1) is 18.3. The second kappa shape index (κ2) is 8.75. The van der Waals surface area contributed by atoms with E-state index >= 15 is 0 Å². The molecule has 0 aliphatic heterocycles. The van der Waals surface area contributed by atoms with Gasteiger partial charge in [-0.1, -0.05) is 53.5 Å². The molecule has 0 aliphatic carbocycles. The van der Waals surface area contributed by atoms with Gasteiger partial charge in [-0.2, -0.15) is 0 Å². The van der Waals surface area contributed by atoms with Gasteiger partial charge in [-0.15, -0.1) is 0 Å². The average molecular weight is 387 g/mol. The summed E-state index contributed by atoms with van der Waals surface area (Å²) < 4.78 is 11.2. The molecule has 132 valence electrons. The zero-order chi connectivity index (χ0) is 18.4. The Morgan fingerprint density at radius 3 is 2.12 bits per heavy atom. The van der Waals surface area contributed by atoms with E-state index in [9.17, 15) is 4.79 Å². The van der Waals surface area contributed by atoms with Crippen molar-refractivity contribution in [1.29, 1.82) is 0 Å². The molecule has 0 saturated carbocycles. The van der Waals surface area contributed by atoms with Crippen LogP contribution in [0.5, 0.6) is 11.5 Å². The molecule has 0 saturated heterocycles. The van der Waals surface area contributed by atoms with Crippen LogP contribution < -0.4 is 9.47 Å². The molecule has 0 atom stereocenters. The molecule has 5 heteroatoms. The van der Waals surface area contributed by atoms with Crippen LogP contribution >= 0.6 is 23.2 Å². The first-order valence-corrected chi connectivity index (χ1v) is 8.75.